The second-order valence-electron chi connectivity index (χ2n) is 6.35. The summed E-state index contributed by atoms with van der Waals surface area (Å²) in [4.78, 5) is 3.72. The molecule has 1 aromatic carbocycles. The molecular weight excluding hydrogens is 367 g/mol. The highest BCUT2D eigenvalue weighted by molar-refractivity contribution is 6.31. The Hall–Kier alpha value is -2.32. The van der Waals surface area contributed by atoms with Gasteiger partial charge in [0.25, 0.3) is 0 Å². The molecule has 1 aliphatic heterocycles. The third kappa shape index (κ3) is 2.99. The first-order chi connectivity index (χ1) is 12.4. The lowest BCUT2D eigenvalue weighted by molar-refractivity contribution is -0.140. The van der Waals surface area contributed by atoms with E-state index in [1.807, 2.05) is 16.9 Å². The molecule has 26 heavy (non-hydrogen) atoms. The van der Waals surface area contributed by atoms with Crippen LogP contribution in [0.5, 0.6) is 0 Å². The van der Waals surface area contributed by atoms with E-state index in [-0.39, 0.29) is 11.1 Å². The van der Waals surface area contributed by atoms with Gasteiger partial charge in [-0.2, -0.15) is 18.3 Å². The Morgan fingerprint density at radius 2 is 2.08 bits per heavy atom. The second-order valence-corrected chi connectivity index (χ2v) is 6.78. The van der Waals surface area contributed by atoms with Crippen LogP contribution in [0, 0.1) is 0 Å². The molecule has 1 saturated heterocycles. The van der Waals surface area contributed by atoms with Crippen molar-refractivity contribution in [3.63, 3.8) is 0 Å². The number of benzene rings is 1. The number of nitrogens with one attached hydrogen (secondary N) is 2. The third-order valence-corrected chi connectivity index (χ3v) is 4.80. The number of anilines is 1. The minimum Gasteiger partial charge on any atom is -0.382 e. The Balaban J connectivity index is 1.72. The molecule has 5 nitrogen and oxygen atoms in total. The van der Waals surface area contributed by atoms with E-state index < -0.39 is 11.9 Å². The summed E-state index contributed by atoms with van der Waals surface area (Å²) in [6.07, 6.45) is -0.990. The number of aromatic nitrogens is 3. The molecule has 0 amide bonds. The normalized spacial score (nSPS) is 16.5. The summed E-state index contributed by atoms with van der Waals surface area (Å²) < 4.78 is 41.5. The maximum atomic E-state index is 13.2. The van der Waals surface area contributed by atoms with Gasteiger partial charge in [-0.1, -0.05) is 11.6 Å². The van der Waals surface area contributed by atoms with E-state index in [1.165, 1.54) is 12.1 Å². The van der Waals surface area contributed by atoms with Gasteiger partial charge in [0.15, 0.2) is 0 Å². The Kier molecular flexibility index (Phi) is 4.04. The van der Waals surface area contributed by atoms with Crippen molar-refractivity contribution in [1.29, 1.82) is 0 Å². The lowest BCUT2D eigenvalue weighted by Gasteiger charge is -2.43. The number of pyridine rings is 1. The first-order valence-electron chi connectivity index (χ1n) is 8.00. The highest BCUT2D eigenvalue weighted by Gasteiger charge is 2.39. The molecular formula is C17H15ClF3N5. The van der Waals surface area contributed by atoms with Gasteiger partial charge in [-0.25, -0.2) is 4.98 Å². The number of fused-ring (bicyclic) bond motifs is 1. The quantitative estimate of drug-likeness (QED) is 0.726. The van der Waals surface area contributed by atoms with E-state index in [9.17, 15) is 13.2 Å². The van der Waals surface area contributed by atoms with Gasteiger partial charge in [0, 0.05) is 48.1 Å². The Labute approximate surface area is 152 Å². The van der Waals surface area contributed by atoms with Crippen molar-refractivity contribution >= 4 is 28.2 Å². The molecule has 0 saturated carbocycles. The summed E-state index contributed by atoms with van der Waals surface area (Å²) in [7, 11) is 0. The molecule has 0 aliphatic carbocycles. The molecule has 1 aliphatic rings. The van der Waals surface area contributed by atoms with Crippen molar-refractivity contribution < 1.29 is 13.2 Å². The average molecular weight is 382 g/mol. The van der Waals surface area contributed by atoms with Gasteiger partial charge in [0.05, 0.1) is 5.52 Å². The summed E-state index contributed by atoms with van der Waals surface area (Å²) in [6.45, 7) is 1.78. The van der Waals surface area contributed by atoms with Gasteiger partial charge in [-0.15, -0.1) is 0 Å². The smallest absolute Gasteiger partial charge is 0.382 e. The Morgan fingerprint density at radius 3 is 2.69 bits per heavy atom. The number of alkyl halides is 3. The fourth-order valence-corrected chi connectivity index (χ4v) is 3.25. The lowest BCUT2D eigenvalue weighted by Crippen LogP contribution is -2.64. The van der Waals surface area contributed by atoms with Crippen LogP contribution in [0.3, 0.4) is 0 Å². The molecule has 0 unspecified atom stereocenters. The van der Waals surface area contributed by atoms with Gasteiger partial charge >= 0.3 is 6.18 Å². The monoisotopic (exact) mass is 381 g/mol. The number of nitrogens with zero attached hydrogens (tertiary/aromatic N) is 3. The molecule has 1 fully saturated rings. The third-order valence-electron chi connectivity index (χ3n) is 4.57. The molecule has 0 spiro atoms. The highest BCUT2D eigenvalue weighted by Crippen LogP contribution is 2.34. The molecule has 136 valence electrons. The van der Waals surface area contributed by atoms with Crippen LogP contribution in [-0.4, -0.2) is 34.4 Å². The molecule has 0 radical (unpaired) electrons. The summed E-state index contributed by atoms with van der Waals surface area (Å²) in [6, 6.07) is 7.49. The van der Waals surface area contributed by atoms with Crippen molar-refractivity contribution in [2.24, 2.45) is 0 Å². The molecule has 3 aromatic rings. The van der Waals surface area contributed by atoms with Gasteiger partial charge in [-0.05, 0) is 30.3 Å². The van der Waals surface area contributed by atoms with Crippen molar-refractivity contribution in [1.82, 2.24) is 20.1 Å². The SMILES string of the molecule is FC(F)(F)c1cc(NCC2(n3cccn3)CNC2)c2cc(Cl)ccc2n1. The number of hydrogen-bond donors (Lipinski definition) is 2. The summed E-state index contributed by atoms with van der Waals surface area (Å²) in [5.41, 5.74) is -0.666. The van der Waals surface area contributed by atoms with Gasteiger partial charge in [0.2, 0.25) is 0 Å². The molecule has 2 N–H and O–H groups in total. The second kappa shape index (κ2) is 6.14. The molecule has 9 heteroatoms. The zero-order chi connectivity index (χ0) is 18.4. The number of halogens is 4. The van der Waals surface area contributed by atoms with Crippen molar-refractivity contribution in [2.75, 3.05) is 25.0 Å². The van der Waals surface area contributed by atoms with Crippen LogP contribution >= 0.6 is 11.6 Å². The van der Waals surface area contributed by atoms with Crippen molar-refractivity contribution in [3.05, 3.63) is 53.4 Å². The Morgan fingerprint density at radius 1 is 1.27 bits per heavy atom. The van der Waals surface area contributed by atoms with E-state index in [4.69, 9.17) is 11.6 Å². The van der Waals surface area contributed by atoms with Crippen molar-refractivity contribution in [2.45, 2.75) is 11.7 Å². The first-order valence-corrected chi connectivity index (χ1v) is 8.37. The average Bonchev–Trinajstić information content (AvgIpc) is 3.07. The van der Waals surface area contributed by atoms with Crippen LogP contribution in [0.25, 0.3) is 10.9 Å². The number of hydrogen-bond acceptors (Lipinski definition) is 4. The maximum Gasteiger partial charge on any atom is 0.433 e. The van der Waals surface area contributed by atoms with Gasteiger partial charge < -0.3 is 10.6 Å². The maximum absolute atomic E-state index is 13.2. The molecule has 0 atom stereocenters. The zero-order valence-electron chi connectivity index (χ0n) is 13.5. The van der Waals surface area contributed by atoms with Crippen LogP contribution < -0.4 is 10.6 Å². The fraction of sp³-hybridized carbons (Fsp3) is 0.294. The van der Waals surface area contributed by atoms with Crippen molar-refractivity contribution in [3.8, 4) is 0 Å². The van der Waals surface area contributed by atoms with E-state index in [2.05, 4.69) is 20.7 Å². The predicted molar refractivity (Wildman–Crippen MR) is 93.3 cm³/mol. The minimum atomic E-state index is -4.53. The highest BCUT2D eigenvalue weighted by atomic mass is 35.5. The standard InChI is InChI=1S/C17H15ClF3N5/c18-11-2-3-13-12(6-11)14(7-15(25-13)17(19,20)21)23-10-16(8-22-9-16)26-5-1-4-24-26/h1-7,22H,8-10H2,(H,23,25). The molecule has 0 bridgehead atoms. The van der Waals surface area contributed by atoms with Gasteiger partial charge in [0.1, 0.15) is 11.2 Å². The van der Waals surface area contributed by atoms with Crippen LogP contribution in [0.2, 0.25) is 5.02 Å². The van der Waals surface area contributed by atoms with E-state index >= 15 is 0 Å². The molecule has 4 rings (SSSR count). The Bertz CT molecular complexity index is 935. The molecule has 3 heterocycles. The van der Waals surface area contributed by atoms with Crippen LogP contribution in [0.15, 0.2) is 42.7 Å². The topological polar surface area (TPSA) is 54.8 Å². The summed E-state index contributed by atoms with van der Waals surface area (Å²) in [5, 5.41) is 11.6. The first kappa shape index (κ1) is 17.1. The zero-order valence-corrected chi connectivity index (χ0v) is 14.3. The van der Waals surface area contributed by atoms with Gasteiger partial charge in [-0.3, -0.25) is 4.68 Å². The summed E-state index contributed by atoms with van der Waals surface area (Å²) in [5.74, 6) is 0. The van der Waals surface area contributed by atoms with E-state index in [1.54, 1.807) is 12.3 Å². The van der Waals surface area contributed by atoms with E-state index in [0.717, 1.165) is 6.07 Å². The van der Waals surface area contributed by atoms with Crippen LogP contribution in [0.1, 0.15) is 5.69 Å². The predicted octanol–water partition coefficient (Wildman–Crippen LogP) is 3.51. The van der Waals surface area contributed by atoms with Crippen LogP contribution in [0.4, 0.5) is 18.9 Å². The minimum absolute atomic E-state index is 0.242. The van der Waals surface area contributed by atoms with Crippen LogP contribution in [-0.2, 0) is 11.7 Å². The number of rotatable bonds is 4. The molecule has 2 aromatic heterocycles. The lowest BCUT2D eigenvalue weighted by atomic mass is 9.92. The van der Waals surface area contributed by atoms with E-state index in [0.29, 0.717) is 35.7 Å². The summed E-state index contributed by atoms with van der Waals surface area (Å²) >= 11 is 6.03. The fourth-order valence-electron chi connectivity index (χ4n) is 3.08. The largest absolute Gasteiger partial charge is 0.433 e.